The van der Waals surface area contributed by atoms with Crippen LogP contribution in [0.4, 0.5) is 5.13 Å². The molecular formula is C23H26ClN7O5S4. The van der Waals surface area contributed by atoms with E-state index in [1.54, 1.807) is 24.2 Å². The van der Waals surface area contributed by atoms with Gasteiger partial charge in [-0.25, -0.2) is 4.98 Å². The first-order valence-electron chi connectivity index (χ1n) is 11.7. The molecule has 4 rings (SSSR count). The number of nitrogen functional groups attached to an aromatic ring is 1. The molecule has 2 aromatic heterocycles. The number of pyridine rings is 1. The summed E-state index contributed by atoms with van der Waals surface area (Å²) in [6.45, 7) is 0.997. The Kier molecular flexibility index (Phi) is 9.57. The predicted molar refractivity (Wildman–Crippen MR) is 156 cm³/mol. The lowest BCUT2D eigenvalue weighted by Gasteiger charge is -2.50. The highest BCUT2D eigenvalue weighted by atomic mass is 35.5. The van der Waals surface area contributed by atoms with E-state index in [-0.39, 0.29) is 26.6 Å². The summed E-state index contributed by atoms with van der Waals surface area (Å²) < 4.78 is 0.898. The van der Waals surface area contributed by atoms with Crippen LogP contribution in [0.15, 0.2) is 39.1 Å². The molecule has 17 heteroatoms. The molecule has 0 aromatic carbocycles. The number of aliphatic carboxylic acids is 1. The summed E-state index contributed by atoms with van der Waals surface area (Å²) in [5.74, 6) is -1.08. The number of aromatic nitrogens is 2. The van der Waals surface area contributed by atoms with Crippen molar-refractivity contribution in [1.29, 1.82) is 0 Å². The van der Waals surface area contributed by atoms with Gasteiger partial charge in [0.1, 0.15) is 21.4 Å². The number of amides is 2. The van der Waals surface area contributed by atoms with Crippen molar-refractivity contribution >= 4 is 86.9 Å². The van der Waals surface area contributed by atoms with E-state index >= 15 is 0 Å². The quantitative estimate of drug-likeness (QED) is 0.0797. The number of carboxylic acid groups (broad SMARTS) is 1. The molecule has 0 saturated carbocycles. The van der Waals surface area contributed by atoms with Crippen LogP contribution in [-0.4, -0.2) is 98.7 Å². The number of nitrogens with zero attached hydrogens (tertiary/aromatic N) is 5. The van der Waals surface area contributed by atoms with Crippen LogP contribution in [0.5, 0.6) is 0 Å². The molecule has 2 aliphatic heterocycles. The number of quaternary nitrogens is 1. The third-order valence-electron chi connectivity index (χ3n) is 5.81. The van der Waals surface area contributed by atoms with Gasteiger partial charge in [-0.3, -0.25) is 19.5 Å². The van der Waals surface area contributed by atoms with Crippen molar-refractivity contribution in [2.75, 3.05) is 44.9 Å². The van der Waals surface area contributed by atoms with Crippen LogP contribution in [0, 0.1) is 0 Å². The van der Waals surface area contributed by atoms with E-state index in [1.165, 1.54) is 23.5 Å². The Balaban J connectivity index is 1.48. The molecular weight excluding hydrogens is 618 g/mol. The van der Waals surface area contributed by atoms with Crippen molar-refractivity contribution in [3.8, 4) is 0 Å². The highest BCUT2D eigenvalue weighted by molar-refractivity contribution is 8.06. The van der Waals surface area contributed by atoms with Crippen molar-refractivity contribution in [3.05, 3.63) is 44.7 Å². The van der Waals surface area contributed by atoms with Gasteiger partial charge in [-0.2, -0.15) is 11.8 Å². The maximum absolute atomic E-state index is 13.1. The lowest BCUT2D eigenvalue weighted by atomic mass is 10.0. The molecule has 214 valence electrons. The number of rotatable bonds is 11. The number of carbonyl (C=O) groups is 3. The highest BCUT2D eigenvalue weighted by Gasteiger charge is 2.53. The van der Waals surface area contributed by atoms with Crippen molar-refractivity contribution < 1.29 is 29.2 Å². The Bertz CT molecular complexity index is 1390. The molecule has 0 aliphatic carbocycles. The number of thioether (sulfide) groups is 3. The predicted octanol–water partition coefficient (Wildman–Crippen LogP) is 1.05. The van der Waals surface area contributed by atoms with Crippen LogP contribution in [0.25, 0.3) is 0 Å². The average molecular weight is 644 g/mol. The van der Waals surface area contributed by atoms with E-state index in [1.807, 2.05) is 6.07 Å². The Labute approximate surface area is 252 Å². The number of thiazole rings is 1. The Morgan fingerprint density at radius 3 is 2.77 bits per heavy atom. The topological polar surface area (TPSA) is 174 Å². The van der Waals surface area contributed by atoms with Crippen molar-refractivity contribution in [1.82, 2.24) is 20.2 Å². The zero-order chi connectivity index (χ0) is 29.2. The van der Waals surface area contributed by atoms with E-state index in [0.29, 0.717) is 10.7 Å². The average Bonchev–Trinajstić information content (AvgIpc) is 3.22. The first-order valence-corrected chi connectivity index (χ1v) is 16.0. The minimum Gasteiger partial charge on any atom is -0.543 e. The molecule has 0 radical (unpaired) electrons. The van der Waals surface area contributed by atoms with Gasteiger partial charge in [-0.05, 0) is 11.6 Å². The number of carboxylic acids is 1. The molecule has 4 N–H and O–H groups in total. The minimum atomic E-state index is -1.49. The molecule has 1 fully saturated rings. The number of carbonyl (C=O) groups excluding carboxylic acids is 3. The number of hydrogen-bond acceptors (Lipinski definition) is 13. The Morgan fingerprint density at radius 1 is 1.40 bits per heavy atom. The van der Waals surface area contributed by atoms with Gasteiger partial charge < -0.3 is 30.6 Å². The minimum absolute atomic E-state index is 0.0418. The van der Waals surface area contributed by atoms with Crippen molar-refractivity contribution in [3.63, 3.8) is 0 Å². The Hall–Kier alpha value is -2.50. The normalized spacial score (nSPS) is 19.4. The van der Waals surface area contributed by atoms with Gasteiger partial charge in [-0.1, -0.05) is 39.9 Å². The number of fused-ring (bicyclic) bond motifs is 1. The molecule has 1 saturated heterocycles. The van der Waals surface area contributed by atoms with Gasteiger partial charge >= 0.3 is 0 Å². The summed E-state index contributed by atoms with van der Waals surface area (Å²) in [7, 11) is 6.40. The fraction of sp³-hybridized carbons (Fsp3) is 0.391. The van der Waals surface area contributed by atoms with E-state index < -0.39 is 34.9 Å². The number of nitrogens with one attached hydrogen (secondary N) is 1. The fourth-order valence-electron chi connectivity index (χ4n) is 3.81. The maximum Gasteiger partial charge on any atom is 0.276 e. The number of oxime groups is 1. The number of β-lactam (4-membered cyclic amide) rings is 1. The van der Waals surface area contributed by atoms with Crippen LogP contribution < -0.4 is 16.2 Å². The maximum atomic E-state index is 13.1. The number of anilines is 1. The SMILES string of the molecule is C[N+](C)(C)CCSCc1cnccc1SC1=C(C(=O)[O-])N2C(=O)[C@@H](NC(=O)/C(=N\O)c3nc(N)sc3Cl)[C@H]2SC1. The molecule has 12 nitrogen and oxygen atoms in total. The molecule has 2 amide bonds. The summed E-state index contributed by atoms with van der Waals surface area (Å²) in [6.07, 6.45) is 3.41. The van der Waals surface area contributed by atoms with Gasteiger partial charge in [0.25, 0.3) is 11.8 Å². The van der Waals surface area contributed by atoms with E-state index in [9.17, 15) is 24.7 Å². The second-order valence-corrected chi connectivity index (χ2v) is 14.7. The molecule has 0 unspecified atom stereocenters. The van der Waals surface area contributed by atoms with Crippen LogP contribution in [0.3, 0.4) is 0 Å². The zero-order valence-corrected chi connectivity index (χ0v) is 25.6. The Morgan fingerprint density at radius 2 is 2.15 bits per heavy atom. The summed E-state index contributed by atoms with van der Waals surface area (Å²) in [5, 5.41) is 26.4. The summed E-state index contributed by atoms with van der Waals surface area (Å²) in [4.78, 5) is 48.6. The molecule has 2 atom stereocenters. The van der Waals surface area contributed by atoms with Crippen LogP contribution >= 0.6 is 58.2 Å². The molecule has 0 bridgehead atoms. The monoisotopic (exact) mass is 643 g/mol. The molecule has 0 spiro atoms. The number of nitrogens with two attached hydrogens (primary N) is 1. The fourth-order valence-corrected chi connectivity index (χ4v) is 8.66. The smallest absolute Gasteiger partial charge is 0.276 e. The first kappa shape index (κ1) is 30.5. The second-order valence-electron chi connectivity index (χ2n) is 9.70. The molecule has 4 heterocycles. The number of hydrogen-bond donors (Lipinski definition) is 3. The van der Waals surface area contributed by atoms with E-state index in [0.717, 1.165) is 43.5 Å². The van der Waals surface area contributed by atoms with E-state index in [4.69, 9.17) is 17.3 Å². The van der Waals surface area contributed by atoms with Crippen molar-refractivity contribution in [2.45, 2.75) is 22.1 Å². The van der Waals surface area contributed by atoms with Gasteiger partial charge in [0.05, 0.1) is 39.4 Å². The third kappa shape index (κ3) is 6.69. The molecule has 2 aliphatic rings. The number of halogens is 1. The molecule has 2 aromatic rings. The third-order valence-corrected chi connectivity index (χ3v) is 10.5. The molecule has 40 heavy (non-hydrogen) atoms. The van der Waals surface area contributed by atoms with Gasteiger partial charge in [0.15, 0.2) is 10.8 Å². The lowest BCUT2D eigenvalue weighted by molar-refractivity contribution is -0.867. The van der Waals surface area contributed by atoms with Gasteiger partial charge in [0.2, 0.25) is 0 Å². The van der Waals surface area contributed by atoms with Crippen LogP contribution in [-0.2, 0) is 20.1 Å². The summed E-state index contributed by atoms with van der Waals surface area (Å²) >= 11 is 11.3. The second kappa shape index (κ2) is 12.6. The van der Waals surface area contributed by atoms with E-state index in [2.05, 4.69) is 41.6 Å². The summed E-state index contributed by atoms with van der Waals surface area (Å²) in [5.41, 5.74) is 5.71. The van der Waals surface area contributed by atoms with Crippen LogP contribution in [0.2, 0.25) is 4.34 Å². The standard InChI is InChI=1S/C23H26ClN7O5S4/c1-31(2,3)6-7-37-9-11-8-26-5-4-12(11)39-13-10-38-21-16(20(33)30(21)17(13)22(34)35)27-19(32)15(29-36)14-18(24)40-23(25)28-14/h4-5,8,16,21H,6-7,9-10H2,1-3H3,(H4-,25,27,28,32,34,35,36)/t16-,21-/m1/s1. The van der Waals surface area contributed by atoms with Gasteiger partial charge in [-0.15, -0.1) is 11.8 Å². The largest absolute Gasteiger partial charge is 0.543 e. The summed E-state index contributed by atoms with van der Waals surface area (Å²) in [6, 6.07) is 0.767. The highest BCUT2D eigenvalue weighted by Crippen LogP contribution is 2.45. The van der Waals surface area contributed by atoms with Gasteiger partial charge in [0, 0.05) is 39.5 Å². The lowest BCUT2D eigenvalue weighted by Crippen LogP contribution is -2.71. The van der Waals surface area contributed by atoms with Crippen LogP contribution in [0.1, 0.15) is 11.3 Å². The van der Waals surface area contributed by atoms with Crippen molar-refractivity contribution in [2.24, 2.45) is 5.16 Å². The first-order chi connectivity index (χ1) is 18.9. The zero-order valence-electron chi connectivity index (χ0n) is 21.6.